The van der Waals surface area contributed by atoms with Gasteiger partial charge >= 0.3 is 6.03 Å². The molecule has 2 aromatic carbocycles. The van der Waals surface area contributed by atoms with Crippen LogP contribution in [0.2, 0.25) is 10.0 Å². The predicted molar refractivity (Wildman–Crippen MR) is 125 cm³/mol. The van der Waals surface area contributed by atoms with Gasteiger partial charge in [-0.15, -0.1) is 0 Å². The largest absolute Gasteiger partial charge is 0.497 e. The van der Waals surface area contributed by atoms with Gasteiger partial charge in [-0.05, 0) is 61.2 Å². The second kappa shape index (κ2) is 9.86. The van der Waals surface area contributed by atoms with Crippen LogP contribution in [0.4, 0.5) is 9.18 Å². The highest BCUT2D eigenvalue weighted by Gasteiger charge is 2.42. The number of hydrogen-bond donors (Lipinski definition) is 1. The first kappa shape index (κ1) is 23.1. The van der Waals surface area contributed by atoms with Crippen molar-refractivity contribution in [1.82, 2.24) is 15.1 Å². The Kier molecular flexibility index (Phi) is 7.13. The minimum Gasteiger partial charge on any atom is -0.497 e. The molecule has 0 bridgehead atoms. The van der Waals surface area contributed by atoms with Crippen LogP contribution in [0.1, 0.15) is 30.4 Å². The first-order chi connectivity index (χ1) is 15.4. The molecule has 0 radical (unpaired) electrons. The Bertz CT molecular complexity index is 990. The van der Waals surface area contributed by atoms with E-state index in [1.807, 2.05) is 23.1 Å². The Morgan fingerprint density at radius 2 is 1.94 bits per heavy atom. The van der Waals surface area contributed by atoms with Gasteiger partial charge in [0.2, 0.25) is 0 Å². The number of hydrogen-bond acceptors (Lipinski definition) is 3. The highest BCUT2D eigenvalue weighted by molar-refractivity contribution is 6.42. The number of ether oxygens (including phenoxy) is 1. The minimum absolute atomic E-state index is 0.102. The quantitative estimate of drug-likeness (QED) is 0.629. The van der Waals surface area contributed by atoms with E-state index in [9.17, 15) is 9.18 Å². The average molecular weight is 480 g/mol. The van der Waals surface area contributed by atoms with E-state index in [0.717, 1.165) is 57.5 Å². The molecular weight excluding hydrogens is 452 g/mol. The smallest absolute Gasteiger partial charge is 0.317 e. The van der Waals surface area contributed by atoms with Crippen LogP contribution >= 0.6 is 23.2 Å². The van der Waals surface area contributed by atoms with Crippen molar-refractivity contribution in [3.8, 4) is 5.75 Å². The maximum absolute atomic E-state index is 13.7. The molecule has 1 unspecified atom stereocenters. The zero-order chi connectivity index (χ0) is 22.7. The molecule has 4 rings (SSSR count). The molecule has 0 aromatic heterocycles. The summed E-state index contributed by atoms with van der Waals surface area (Å²) in [5.41, 5.74) is 1.94. The van der Waals surface area contributed by atoms with Crippen molar-refractivity contribution in [3.63, 3.8) is 0 Å². The highest BCUT2D eigenvalue weighted by atomic mass is 35.5. The van der Waals surface area contributed by atoms with Crippen molar-refractivity contribution in [2.75, 3.05) is 33.3 Å². The summed E-state index contributed by atoms with van der Waals surface area (Å²) in [6, 6.07) is 10.2. The van der Waals surface area contributed by atoms with E-state index in [4.69, 9.17) is 27.9 Å². The summed E-state index contributed by atoms with van der Waals surface area (Å²) in [5.74, 6) is 0.0674. The van der Waals surface area contributed by atoms with E-state index >= 15 is 0 Å². The number of halogens is 3. The molecule has 2 aliphatic heterocycles. The molecule has 172 valence electrons. The summed E-state index contributed by atoms with van der Waals surface area (Å²) in [4.78, 5) is 17.2. The number of carbonyl (C=O) groups excluding carboxylic acids is 1. The van der Waals surface area contributed by atoms with Gasteiger partial charge in [0.25, 0.3) is 0 Å². The molecule has 2 aliphatic rings. The number of benzene rings is 2. The van der Waals surface area contributed by atoms with E-state index in [1.54, 1.807) is 6.07 Å². The van der Waals surface area contributed by atoms with Crippen LogP contribution in [0, 0.1) is 11.2 Å². The third-order valence-electron chi connectivity index (χ3n) is 6.47. The third kappa shape index (κ3) is 5.48. The van der Waals surface area contributed by atoms with E-state index in [2.05, 4.69) is 10.2 Å². The molecule has 0 aliphatic carbocycles. The lowest BCUT2D eigenvalue weighted by atomic mass is 9.79. The minimum atomic E-state index is -0.376. The number of rotatable bonds is 5. The van der Waals surface area contributed by atoms with Gasteiger partial charge in [0.05, 0.1) is 17.2 Å². The number of urea groups is 1. The van der Waals surface area contributed by atoms with Crippen molar-refractivity contribution in [2.45, 2.75) is 32.4 Å². The van der Waals surface area contributed by atoms with Crippen LogP contribution in [0.3, 0.4) is 0 Å². The zero-order valence-electron chi connectivity index (χ0n) is 18.2. The number of nitrogens with one attached hydrogen (secondary N) is 1. The Balaban J connectivity index is 1.33. The molecule has 2 fully saturated rings. The number of amides is 2. The first-order valence-electron chi connectivity index (χ1n) is 10.9. The van der Waals surface area contributed by atoms with E-state index in [0.29, 0.717) is 21.4 Å². The number of methoxy groups -OCH3 is 1. The highest BCUT2D eigenvalue weighted by Crippen LogP contribution is 2.39. The lowest BCUT2D eigenvalue weighted by molar-refractivity contribution is 0.107. The topological polar surface area (TPSA) is 44.8 Å². The summed E-state index contributed by atoms with van der Waals surface area (Å²) in [6.45, 7) is 4.53. The molecular formula is C24H28Cl2FN3O2. The summed E-state index contributed by atoms with van der Waals surface area (Å²) >= 11 is 12.2. The fourth-order valence-electron chi connectivity index (χ4n) is 4.90. The van der Waals surface area contributed by atoms with Gasteiger partial charge in [-0.25, -0.2) is 9.18 Å². The summed E-state index contributed by atoms with van der Waals surface area (Å²) in [5, 5.41) is 4.09. The molecule has 1 N–H and O–H groups in total. The Morgan fingerprint density at radius 1 is 1.09 bits per heavy atom. The first-order valence-corrected chi connectivity index (χ1v) is 11.6. The zero-order valence-corrected chi connectivity index (χ0v) is 19.7. The van der Waals surface area contributed by atoms with Gasteiger partial charge in [-0.2, -0.15) is 0 Å². The fraction of sp³-hybridized carbons (Fsp3) is 0.458. The summed E-state index contributed by atoms with van der Waals surface area (Å²) in [6.07, 6.45) is 3.18. The van der Waals surface area contributed by atoms with Gasteiger partial charge < -0.3 is 15.0 Å². The van der Waals surface area contributed by atoms with Crippen LogP contribution in [0.5, 0.6) is 5.75 Å². The molecule has 2 aromatic rings. The van der Waals surface area contributed by atoms with Crippen LogP contribution in [0.25, 0.3) is 0 Å². The van der Waals surface area contributed by atoms with Gasteiger partial charge in [-0.3, -0.25) is 4.90 Å². The molecule has 5 nitrogen and oxygen atoms in total. The number of piperidine rings is 1. The van der Waals surface area contributed by atoms with Crippen molar-refractivity contribution in [2.24, 2.45) is 5.41 Å². The maximum Gasteiger partial charge on any atom is 0.317 e. The monoisotopic (exact) mass is 479 g/mol. The molecule has 2 amide bonds. The fourth-order valence-corrected chi connectivity index (χ4v) is 5.22. The molecule has 1 spiro atoms. The Hall–Kier alpha value is -2.02. The van der Waals surface area contributed by atoms with Crippen LogP contribution < -0.4 is 10.1 Å². The van der Waals surface area contributed by atoms with Crippen LogP contribution in [-0.2, 0) is 13.1 Å². The van der Waals surface area contributed by atoms with Crippen LogP contribution in [-0.4, -0.2) is 49.1 Å². The molecule has 32 heavy (non-hydrogen) atoms. The molecule has 0 saturated carbocycles. The van der Waals surface area contributed by atoms with Crippen LogP contribution in [0.15, 0.2) is 36.4 Å². The SMILES string of the molecule is COc1cc(F)cc(CNC(=O)N2CCCC3(CCN(Cc4ccc(Cl)c(Cl)c4)C3)C2)c1. The lowest BCUT2D eigenvalue weighted by Gasteiger charge is -2.40. The molecule has 1 atom stereocenters. The number of nitrogens with zero attached hydrogens (tertiary/aromatic N) is 2. The van der Waals surface area contributed by atoms with Gasteiger partial charge in [0.15, 0.2) is 0 Å². The second-order valence-corrected chi connectivity index (χ2v) is 9.71. The second-order valence-electron chi connectivity index (χ2n) is 8.89. The summed E-state index contributed by atoms with van der Waals surface area (Å²) in [7, 11) is 1.50. The number of carbonyl (C=O) groups is 1. The van der Waals surface area contributed by atoms with Crippen molar-refractivity contribution < 1.29 is 13.9 Å². The number of likely N-dealkylation sites (tertiary alicyclic amines) is 2. The van der Waals surface area contributed by atoms with Gasteiger partial charge in [-0.1, -0.05) is 29.3 Å². The Morgan fingerprint density at radius 3 is 2.72 bits per heavy atom. The molecule has 8 heteroatoms. The van der Waals surface area contributed by atoms with Crippen molar-refractivity contribution >= 4 is 29.2 Å². The van der Waals surface area contributed by atoms with Crippen molar-refractivity contribution in [1.29, 1.82) is 0 Å². The lowest BCUT2D eigenvalue weighted by Crippen LogP contribution is -2.50. The van der Waals surface area contributed by atoms with Gasteiger partial charge in [0.1, 0.15) is 11.6 Å². The third-order valence-corrected chi connectivity index (χ3v) is 7.21. The van der Waals surface area contributed by atoms with E-state index in [1.165, 1.54) is 19.2 Å². The molecule has 2 saturated heterocycles. The van der Waals surface area contributed by atoms with E-state index in [-0.39, 0.29) is 23.8 Å². The van der Waals surface area contributed by atoms with Gasteiger partial charge in [0, 0.05) is 44.2 Å². The normalized spacial score (nSPS) is 21.2. The summed E-state index contributed by atoms with van der Waals surface area (Å²) < 4.78 is 18.8. The Labute approximate surface area is 198 Å². The van der Waals surface area contributed by atoms with E-state index < -0.39 is 0 Å². The average Bonchev–Trinajstić information content (AvgIpc) is 3.15. The standard InChI is InChI=1S/C24H28Cl2FN3O2/c1-32-20-10-18(9-19(27)12-20)13-28-23(31)30-7-2-5-24(16-30)6-8-29(15-24)14-17-3-4-21(25)22(26)11-17/h3-4,9-12H,2,5-8,13-16H2,1H3,(H,28,31). The molecule has 2 heterocycles. The van der Waals surface area contributed by atoms with Crippen molar-refractivity contribution in [3.05, 3.63) is 63.4 Å². The maximum atomic E-state index is 13.7. The predicted octanol–water partition coefficient (Wildman–Crippen LogP) is 5.34.